The SMILES string of the molecule is Cc1cc[si](Cl)cc1. The number of aryl methyl sites for hydroxylation is 1. The van der Waals surface area contributed by atoms with Crippen molar-refractivity contribution in [2.75, 3.05) is 0 Å². The van der Waals surface area contributed by atoms with Crippen LogP contribution in [0.15, 0.2) is 23.5 Å². The highest BCUT2D eigenvalue weighted by molar-refractivity contribution is 7.01. The van der Waals surface area contributed by atoms with E-state index in [-0.39, 0.29) is 0 Å². The molecule has 0 atom stereocenters. The van der Waals surface area contributed by atoms with Crippen LogP contribution in [-0.4, -0.2) is 7.71 Å². The first-order valence-corrected chi connectivity index (χ1v) is 5.18. The minimum atomic E-state index is -0.735. The molecule has 0 amide bonds. The molecule has 0 unspecified atom stereocenters. The molecule has 0 aliphatic carbocycles. The van der Waals surface area contributed by atoms with Crippen molar-refractivity contribution in [3.63, 3.8) is 0 Å². The van der Waals surface area contributed by atoms with Gasteiger partial charge in [-0.2, -0.15) is 0 Å². The van der Waals surface area contributed by atoms with Crippen LogP contribution >= 0.6 is 11.1 Å². The highest BCUT2D eigenvalue weighted by Crippen LogP contribution is 1.95. The molecule has 0 N–H and O–H groups in total. The summed E-state index contributed by atoms with van der Waals surface area (Å²) in [7, 11) is -0.735. The lowest BCUT2D eigenvalue weighted by atomic mass is 10.3. The van der Waals surface area contributed by atoms with Gasteiger partial charge in [-0.25, -0.2) is 0 Å². The molecule has 1 heterocycles. The Morgan fingerprint density at radius 1 is 1.38 bits per heavy atom. The van der Waals surface area contributed by atoms with Gasteiger partial charge < -0.3 is 0 Å². The van der Waals surface area contributed by atoms with Gasteiger partial charge in [0.05, 0.1) is 0 Å². The van der Waals surface area contributed by atoms with Crippen LogP contribution in [0.4, 0.5) is 0 Å². The average Bonchev–Trinajstić information content (AvgIpc) is 1.77. The van der Waals surface area contributed by atoms with Crippen molar-refractivity contribution in [2.24, 2.45) is 0 Å². The Balaban J connectivity index is 3.03. The monoisotopic (exact) mass is 142 g/mol. The Labute approximate surface area is 55.3 Å². The van der Waals surface area contributed by atoms with E-state index in [4.69, 9.17) is 11.1 Å². The lowest BCUT2D eigenvalue weighted by molar-refractivity contribution is 1.51. The summed E-state index contributed by atoms with van der Waals surface area (Å²) in [6.07, 6.45) is 0. The molecule has 0 radical (unpaired) electrons. The third kappa shape index (κ3) is 1.42. The number of hydrogen-bond acceptors (Lipinski definition) is 0. The Morgan fingerprint density at radius 2 is 1.88 bits per heavy atom. The Bertz CT molecular complexity index is 147. The predicted molar refractivity (Wildman–Crippen MR) is 38.4 cm³/mol. The van der Waals surface area contributed by atoms with Crippen molar-refractivity contribution in [3.8, 4) is 0 Å². The summed E-state index contributed by atoms with van der Waals surface area (Å²) in [4.78, 5) is 0. The van der Waals surface area contributed by atoms with Crippen LogP contribution in [0.3, 0.4) is 0 Å². The molecule has 0 aromatic carbocycles. The molecule has 2 heteroatoms. The topological polar surface area (TPSA) is 0 Å². The average molecular weight is 143 g/mol. The fraction of sp³-hybridized carbons (Fsp3) is 0.167. The van der Waals surface area contributed by atoms with Gasteiger partial charge in [0, 0.05) is 0 Å². The van der Waals surface area contributed by atoms with Gasteiger partial charge in [0.15, 0.2) is 7.71 Å². The van der Waals surface area contributed by atoms with Crippen LogP contribution in [0.1, 0.15) is 5.56 Å². The molecule has 0 aliphatic heterocycles. The van der Waals surface area contributed by atoms with Crippen LogP contribution in [0, 0.1) is 6.92 Å². The zero-order valence-electron chi connectivity index (χ0n) is 4.69. The van der Waals surface area contributed by atoms with Crippen LogP contribution in [0.2, 0.25) is 0 Å². The van der Waals surface area contributed by atoms with Crippen LogP contribution < -0.4 is 0 Å². The predicted octanol–water partition coefficient (Wildman–Crippen LogP) is 2.02. The minimum Gasteiger partial charge on any atom is -0.134 e. The molecule has 42 valence electrons. The molecule has 0 saturated carbocycles. The number of hydrogen-bond donors (Lipinski definition) is 0. The van der Waals surface area contributed by atoms with E-state index in [1.54, 1.807) is 0 Å². The van der Waals surface area contributed by atoms with Gasteiger partial charge in [-0.3, -0.25) is 0 Å². The Kier molecular flexibility index (Phi) is 1.81. The van der Waals surface area contributed by atoms with E-state index in [0.717, 1.165) is 0 Å². The van der Waals surface area contributed by atoms with Gasteiger partial charge in [-0.15, -0.1) is 11.1 Å². The summed E-state index contributed by atoms with van der Waals surface area (Å²) in [6, 6.07) is 4.14. The number of halogens is 1. The second-order valence-corrected chi connectivity index (χ2v) is 4.54. The molecule has 0 nitrogen and oxygen atoms in total. The fourth-order valence-electron chi connectivity index (χ4n) is 0.533. The third-order valence-corrected chi connectivity index (χ3v) is 2.74. The van der Waals surface area contributed by atoms with Crippen LogP contribution in [0.25, 0.3) is 0 Å². The molecule has 1 rings (SSSR count). The number of rotatable bonds is 0. The first-order valence-electron chi connectivity index (χ1n) is 2.51. The lowest BCUT2D eigenvalue weighted by Gasteiger charge is -1.87. The molecule has 0 bridgehead atoms. The van der Waals surface area contributed by atoms with Crippen LogP contribution in [0.5, 0.6) is 0 Å². The van der Waals surface area contributed by atoms with E-state index >= 15 is 0 Å². The van der Waals surface area contributed by atoms with Gasteiger partial charge in [0.25, 0.3) is 0 Å². The lowest BCUT2D eigenvalue weighted by Crippen LogP contribution is -1.80. The molecule has 8 heavy (non-hydrogen) atoms. The van der Waals surface area contributed by atoms with Crippen molar-refractivity contribution in [1.82, 2.24) is 0 Å². The Morgan fingerprint density at radius 3 is 2.25 bits per heavy atom. The second kappa shape index (κ2) is 2.42. The quantitative estimate of drug-likeness (QED) is 0.384. The molecular formula is C6H7ClSi. The van der Waals surface area contributed by atoms with Crippen molar-refractivity contribution in [3.05, 3.63) is 29.1 Å². The molecule has 0 spiro atoms. The summed E-state index contributed by atoms with van der Waals surface area (Å²) >= 11 is 5.80. The molecule has 0 fully saturated rings. The van der Waals surface area contributed by atoms with Gasteiger partial charge in [-0.05, 0) is 6.92 Å². The third-order valence-electron chi connectivity index (χ3n) is 1.01. The van der Waals surface area contributed by atoms with E-state index in [1.807, 2.05) is 0 Å². The summed E-state index contributed by atoms with van der Waals surface area (Å²) in [5.74, 6) is 0. The summed E-state index contributed by atoms with van der Waals surface area (Å²) in [5, 5.41) is 0. The molecule has 1 aromatic rings. The minimum absolute atomic E-state index is 0.735. The second-order valence-electron chi connectivity index (χ2n) is 1.80. The maximum Gasteiger partial charge on any atom is 0.151 e. The van der Waals surface area contributed by atoms with E-state index in [2.05, 4.69) is 30.4 Å². The van der Waals surface area contributed by atoms with E-state index < -0.39 is 7.71 Å². The zero-order valence-corrected chi connectivity index (χ0v) is 6.44. The normalized spacial score (nSPS) is 9.25. The van der Waals surface area contributed by atoms with Gasteiger partial charge in [-0.1, -0.05) is 29.1 Å². The highest BCUT2D eigenvalue weighted by Gasteiger charge is 1.83. The largest absolute Gasteiger partial charge is 0.151 e. The zero-order chi connectivity index (χ0) is 5.98. The first-order chi connectivity index (χ1) is 3.79. The van der Waals surface area contributed by atoms with E-state index in [0.29, 0.717) is 0 Å². The highest BCUT2D eigenvalue weighted by atomic mass is 35.6. The van der Waals surface area contributed by atoms with E-state index in [1.165, 1.54) is 5.56 Å². The molecule has 0 saturated heterocycles. The standard InChI is InChI=1S/C6H7ClSi/c1-6-2-4-8(7)5-3-6/h2-5H,1H3. The summed E-state index contributed by atoms with van der Waals surface area (Å²) in [5.41, 5.74) is 5.43. The van der Waals surface area contributed by atoms with Gasteiger partial charge >= 0.3 is 0 Å². The van der Waals surface area contributed by atoms with Crippen LogP contribution in [-0.2, 0) is 0 Å². The molecular weight excluding hydrogens is 136 g/mol. The maximum absolute atomic E-state index is 5.80. The van der Waals surface area contributed by atoms with Crippen molar-refractivity contribution < 1.29 is 0 Å². The molecule has 1 aromatic heterocycles. The van der Waals surface area contributed by atoms with Crippen molar-refractivity contribution in [2.45, 2.75) is 6.92 Å². The Hall–Kier alpha value is -0.143. The van der Waals surface area contributed by atoms with Gasteiger partial charge in [0.1, 0.15) is 0 Å². The first kappa shape index (κ1) is 5.98. The van der Waals surface area contributed by atoms with Crippen molar-refractivity contribution in [1.29, 1.82) is 0 Å². The smallest absolute Gasteiger partial charge is 0.134 e. The maximum atomic E-state index is 5.80. The summed E-state index contributed by atoms with van der Waals surface area (Å²) in [6.45, 7) is 2.07. The van der Waals surface area contributed by atoms with Gasteiger partial charge in [0.2, 0.25) is 0 Å². The summed E-state index contributed by atoms with van der Waals surface area (Å²) < 4.78 is 0. The van der Waals surface area contributed by atoms with Crippen molar-refractivity contribution >= 4 is 18.8 Å². The molecule has 0 aliphatic rings. The fourth-order valence-corrected chi connectivity index (χ4v) is 1.87. The van der Waals surface area contributed by atoms with E-state index in [9.17, 15) is 0 Å².